The van der Waals surface area contributed by atoms with Gasteiger partial charge in [-0.3, -0.25) is 4.79 Å². The van der Waals surface area contributed by atoms with E-state index in [4.69, 9.17) is 4.74 Å². The molecule has 0 aliphatic carbocycles. The summed E-state index contributed by atoms with van der Waals surface area (Å²) in [6.07, 6.45) is 0.570. The van der Waals surface area contributed by atoms with Crippen molar-refractivity contribution in [1.82, 2.24) is 5.32 Å². The summed E-state index contributed by atoms with van der Waals surface area (Å²) in [6.45, 7) is 1.00. The predicted molar refractivity (Wildman–Crippen MR) is 71.1 cm³/mol. The Labute approximate surface area is 106 Å². The number of Topliss-reactive ketones (excluding diaryl/α,β-unsaturated/α-hetero) is 1. The number of ketones is 1. The minimum Gasteiger partial charge on any atom is -0.497 e. The first kappa shape index (κ1) is 12.5. The summed E-state index contributed by atoms with van der Waals surface area (Å²) in [5, 5.41) is 3.38. The Hall–Kier alpha value is -1.00. The van der Waals surface area contributed by atoms with Crippen LogP contribution in [-0.2, 0) is 0 Å². The average molecular weight is 251 g/mol. The predicted octanol–water partition coefficient (Wildman–Crippen LogP) is 1.97. The first-order valence-corrected chi connectivity index (χ1v) is 6.93. The SMILES string of the molecule is COc1cccc(C(=O)CC2CSCCN2)c1. The summed E-state index contributed by atoms with van der Waals surface area (Å²) >= 11 is 1.91. The molecule has 1 aliphatic heterocycles. The van der Waals surface area contributed by atoms with E-state index in [1.54, 1.807) is 13.2 Å². The van der Waals surface area contributed by atoms with Crippen LogP contribution in [0, 0.1) is 0 Å². The maximum atomic E-state index is 12.1. The van der Waals surface area contributed by atoms with E-state index in [-0.39, 0.29) is 5.78 Å². The Morgan fingerprint density at radius 1 is 1.59 bits per heavy atom. The molecule has 0 spiro atoms. The molecule has 0 aromatic heterocycles. The summed E-state index contributed by atoms with van der Waals surface area (Å²) < 4.78 is 5.12. The van der Waals surface area contributed by atoms with Crippen molar-refractivity contribution in [2.24, 2.45) is 0 Å². The monoisotopic (exact) mass is 251 g/mol. The number of methoxy groups -OCH3 is 1. The molecule has 4 heteroatoms. The fourth-order valence-corrected chi connectivity index (χ4v) is 2.84. The molecule has 1 unspecified atom stereocenters. The van der Waals surface area contributed by atoms with E-state index in [1.165, 1.54) is 0 Å². The van der Waals surface area contributed by atoms with Gasteiger partial charge in [0.25, 0.3) is 0 Å². The number of nitrogens with one attached hydrogen (secondary N) is 1. The van der Waals surface area contributed by atoms with Crippen molar-refractivity contribution in [3.63, 3.8) is 0 Å². The molecule has 3 nitrogen and oxygen atoms in total. The van der Waals surface area contributed by atoms with Crippen LogP contribution in [0.15, 0.2) is 24.3 Å². The molecule has 0 radical (unpaired) electrons. The van der Waals surface area contributed by atoms with E-state index in [0.717, 1.165) is 29.4 Å². The third-order valence-electron chi connectivity index (χ3n) is 2.82. The van der Waals surface area contributed by atoms with Gasteiger partial charge in [0.2, 0.25) is 0 Å². The van der Waals surface area contributed by atoms with Gasteiger partial charge in [-0.1, -0.05) is 12.1 Å². The minimum atomic E-state index is 0.184. The van der Waals surface area contributed by atoms with E-state index >= 15 is 0 Å². The van der Waals surface area contributed by atoms with E-state index in [2.05, 4.69) is 5.32 Å². The smallest absolute Gasteiger partial charge is 0.164 e. The highest BCUT2D eigenvalue weighted by molar-refractivity contribution is 7.99. The Morgan fingerprint density at radius 3 is 3.18 bits per heavy atom. The Balaban J connectivity index is 1.98. The van der Waals surface area contributed by atoms with Crippen LogP contribution in [0.1, 0.15) is 16.8 Å². The number of carbonyl (C=O) groups is 1. The van der Waals surface area contributed by atoms with Gasteiger partial charge in [0.15, 0.2) is 5.78 Å². The number of carbonyl (C=O) groups excluding carboxylic acids is 1. The molecule has 1 aromatic carbocycles. The largest absolute Gasteiger partial charge is 0.497 e. The molecule has 1 saturated heterocycles. The molecule has 0 saturated carbocycles. The standard InChI is InChI=1S/C13H17NO2S/c1-16-12-4-2-3-10(7-12)13(15)8-11-9-17-6-5-14-11/h2-4,7,11,14H,5-6,8-9H2,1H3. The van der Waals surface area contributed by atoms with E-state index in [9.17, 15) is 4.79 Å². The van der Waals surface area contributed by atoms with Gasteiger partial charge in [0, 0.05) is 36.1 Å². The highest BCUT2D eigenvalue weighted by Gasteiger charge is 2.17. The van der Waals surface area contributed by atoms with Gasteiger partial charge < -0.3 is 10.1 Å². The topological polar surface area (TPSA) is 38.3 Å². The fraction of sp³-hybridized carbons (Fsp3) is 0.462. The molecular weight excluding hydrogens is 234 g/mol. The van der Waals surface area contributed by atoms with Crippen LogP contribution < -0.4 is 10.1 Å². The van der Waals surface area contributed by atoms with Gasteiger partial charge >= 0.3 is 0 Å². The summed E-state index contributed by atoms with van der Waals surface area (Å²) in [5.74, 6) is 3.09. The Kier molecular flexibility index (Phi) is 4.45. The van der Waals surface area contributed by atoms with Crippen LogP contribution in [0.2, 0.25) is 0 Å². The number of ether oxygens (including phenoxy) is 1. The number of benzene rings is 1. The molecule has 1 N–H and O–H groups in total. The van der Waals surface area contributed by atoms with Gasteiger partial charge in [-0.05, 0) is 12.1 Å². The normalized spacial score (nSPS) is 19.9. The second-order valence-corrected chi connectivity index (χ2v) is 5.24. The summed E-state index contributed by atoms with van der Waals surface area (Å²) in [4.78, 5) is 12.1. The van der Waals surface area contributed by atoms with Crippen LogP contribution in [0.25, 0.3) is 0 Å². The van der Waals surface area contributed by atoms with Crippen LogP contribution in [0.4, 0.5) is 0 Å². The number of hydrogen-bond acceptors (Lipinski definition) is 4. The van der Waals surface area contributed by atoms with Gasteiger partial charge in [-0.15, -0.1) is 0 Å². The third kappa shape index (κ3) is 3.48. The zero-order chi connectivity index (χ0) is 12.1. The quantitative estimate of drug-likeness (QED) is 0.830. The Morgan fingerprint density at radius 2 is 2.47 bits per heavy atom. The van der Waals surface area contributed by atoms with Gasteiger partial charge in [-0.25, -0.2) is 0 Å². The van der Waals surface area contributed by atoms with Crippen molar-refractivity contribution in [2.45, 2.75) is 12.5 Å². The zero-order valence-corrected chi connectivity index (χ0v) is 10.8. The maximum absolute atomic E-state index is 12.1. The van der Waals surface area contributed by atoms with Crippen LogP contribution in [0.3, 0.4) is 0 Å². The van der Waals surface area contributed by atoms with Crippen LogP contribution in [-0.4, -0.2) is 37.0 Å². The average Bonchev–Trinajstić information content (AvgIpc) is 2.40. The van der Waals surface area contributed by atoms with Crippen LogP contribution >= 0.6 is 11.8 Å². The lowest BCUT2D eigenvalue weighted by molar-refractivity contribution is 0.0971. The van der Waals surface area contributed by atoms with E-state index in [1.807, 2.05) is 30.0 Å². The third-order valence-corrected chi connectivity index (χ3v) is 3.95. The summed E-state index contributed by atoms with van der Waals surface area (Å²) in [6, 6.07) is 7.67. The lowest BCUT2D eigenvalue weighted by Crippen LogP contribution is -2.38. The molecule has 1 aromatic rings. The zero-order valence-electron chi connectivity index (χ0n) is 9.94. The molecule has 17 heavy (non-hydrogen) atoms. The van der Waals surface area contributed by atoms with Crippen molar-refractivity contribution in [2.75, 3.05) is 25.2 Å². The molecular formula is C13H17NO2S. The molecule has 1 fully saturated rings. The van der Waals surface area contributed by atoms with Gasteiger partial charge in [-0.2, -0.15) is 11.8 Å². The van der Waals surface area contributed by atoms with Gasteiger partial charge in [0.1, 0.15) is 5.75 Å². The van der Waals surface area contributed by atoms with Crippen molar-refractivity contribution < 1.29 is 9.53 Å². The molecule has 92 valence electrons. The highest BCUT2D eigenvalue weighted by Crippen LogP contribution is 2.17. The van der Waals surface area contributed by atoms with Crippen molar-refractivity contribution >= 4 is 17.5 Å². The minimum absolute atomic E-state index is 0.184. The molecule has 1 heterocycles. The second-order valence-electron chi connectivity index (χ2n) is 4.09. The fourth-order valence-electron chi connectivity index (χ4n) is 1.89. The number of rotatable bonds is 4. The van der Waals surface area contributed by atoms with Crippen molar-refractivity contribution in [1.29, 1.82) is 0 Å². The van der Waals surface area contributed by atoms with E-state index in [0.29, 0.717) is 12.5 Å². The van der Waals surface area contributed by atoms with Crippen LogP contribution in [0.5, 0.6) is 5.75 Å². The Bertz CT molecular complexity index is 389. The number of thioether (sulfide) groups is 1. The molecule has 2 rings (SSSR count). The summed E-state index contributed by atoms with van der Waals surface area (Å²) in [5.41, 5.74) is 0.738. The van der Waals surface area contributed by atoms with Crippen molar-refractivity contribution in [3.8, 4) is 5.75 Å². The maximum Gasteiger partial charge on any atom is 0.164 e. The van der Waals surface area contributed by atoms with Crippen molar-refractivity contribution in [3.05, 3.63) is 29.8 Å². The number of hydrogen-bond donors (Lipinski definition) is 1. The lowest BCUT2D eigenvalue weighted by atomic mass is 10.0. The van der Waals surface area contributed by atoms with Gasteiger partial charge in [0.05, 0.1) is 7.11 Å². The first-order chi connectivity index (χ1) is 8.29. The molecule has 1 aliphatic rings. The first-order valence-electron chi connectivity index (χ1n) is 5.78. The second kappa shape index (κ2) is 6.07. The molecule has 0 amide bonds. The highest BCUT2D eigenvalue weighted by atomic mass is 32.2. The molecule has 0 bridgehead atoms. The summed E-state index contributed by atoms with van der Waals surface area (Å²) in [7, 11) is 1.61. The molecule has 1 atom stereocenters. The lowest BCUT2D eigenvalue weighted by Gasteiger charge is -2.22. The van der Waals surface area contributed by atoms with E-state index < -0.39 is 0 Å².